The summed E-state index contributed by atoms with van der Waals surface area (Å²) in [6.07, 6.45) is 3.00. The second-order valence-electron chi connectivity index (χ2n) is 5.30. The SMILES string of the molecule is COC1(CNC(=O)Nc2ccc([N+](=O)[O-])cc2C)CCC1. The van der Waals surface area contributed by atoms with Crippen LogP contribution in [-0.4, -0.2) is 30.2 Å². The lowest BCUT2D eigenvalue weighted by Crippen LogP contribution is -2.50. The summed E-state index contributed by atoms with van der Waals surface area (Å²) in [7, 11) is 1.65. The maximum absolute atomic E-state index is 11.9. The number of methoxy groups -OCH3 is 1. The number of non-ortho nitro benzene ring substituents is 1. The molecule has 2 N–H and O–H groups in total. The molecule has 2 rings (SSSR count). The summed E-state index contributed by atoms with van der Waals surface area (Å²) in [5, 5.41) is 16.1. The van der Waals surface area contributed by atoms with Crippen LogP contribution in [0.15, 0.2) is 18.2 Å². The van der Waals surface area contributed by atoms with Gasteiger partial charge in [0.1, 0.15) is 0 Å². The minimum atomic E-state index is -0.463. The van der Waals surface area contributed by atoms with E-state index < -0.39 is 4.92 Å². The number of nitro groups is 1. The Morgan fingerprint density at radius 2 is 2.19 bits per heavy atom. The van der Waals surface area contributed by atoms with Gasteiger partial charge in [0, 0.05) is 31.5 Å². The number of amides is 2. The van der Waals surface area contributed by atoms with Crippen LogP contribution in [0.2, 0.25) is 0 Å². The fraction of sp³-hybridized carbons (Fsp3) is 0.500. The largest absolute Gasteiger partial charge is 0.376 e. The van der Waals surface area contributed by atoms with Crippen molar-refractivity contribution < 1.29 is 14.5 Å². The molecule has 114 valence electrons. The van der Waals surface area contributed by atoms with E-state index in [0.29, 0.717) is 17.8 Å². The number of nitro benzene ring substituents is 1. The molecule has 0 heterocycles. The lowest BCUT2D eigenvalue weighted by atomic mass is 9.80. The van der Waals surface area contributed by atoms with Crippen LogP contribution in [0.3, 0.4) is 0 Å². The third kappa shape index (κ3) is 3.49. The second-order valence-corrected chi connectivity index (χ2v) is 5.30. The Morgan fingerprint density at radius 1 is 1.48 bits per heavy atom. The Hall–Kier alpha value is -2.15. The van der Waals surface area contributed by atoms with Gasteiger partial charge in [-0.15, -0.1) is 0 Å². The van der Waals surface area contributed by atoms with Crippen LogP contribution >= 0.6 is 0 Å². The number of carbonyl (C=O) groups is 1. The lowest BCUT2D eigenvalue weighted by molar-refractivity contribution is -0.384. The van der Waals surface area contributed by atoms with Gasteiger partial charge in [-0.1, -0.05) is 0 Å². The van der Waals surface area contributed by atoms with Gasteiger partial charge in [-0.05, 0) is 37.8 Å². The summed E-state index contributed by atoms with van der Waals surface area (Å²) in [6, 6.07) is 3.99. The molecular weight excluding hydrogens is 274 g/mol. The van der Waals surface area contributed by atoms with Crippen molar-refractivity contribution in [2.24, 2.45) is 0 Å². The lowest BCUT2D eigenvalue weighted by Gasteiger charge is -2.40. The van der Waals surface area contributed by atoms with E-state index >= 15 is 0 Å². The summed E-state index contributed by atoms with van der Waals surface area (Å²) in [4.78, 5) is 22.1. The van der Waals surface area contributed by atoms with Crippen molar-refractivity contribution in [1.82, 2.24) is 5.32 Å². The number of rotatable bonds is 5. The van der Waals surface area contributed by atoms with E-state index in [9.17, 15) is 14.9 Å². The van der Waals surface area contributed by atoms with Crippen LogP contribution in [0.1, 0.15) is 24.8 Å². The molecular formula is C14H19N3O4. The molecule has 1 aromatic rings. The molecule has 1 saturated carbocycles. The predicted molar refractivity (Wildman–Crippen MR) is 78.4 cm³/mol. The fourth-order valence-corrected chi connectivity index (χ4v) is 2.33. The number of anilines is 1. The highest BCUT2D eigenvalue weighted by Crippen LogP contribution is 2.34. The average molecular weight is 293 g/mol. The van der Waals surface area contributed by atoms with Crippen molar-refractivity contribution in [3.05, 3.63) is 33.9 Å². The number of nitrogens with one attached hydrogen (secondary N) is 2. The van der Waals surface area contributed by atoms with Gasteiger partial charge in [0.05, 0.1) is 10.5 Å². The number of nitrogens with zero attached hydrogens (tertiary/aromatic N) is 1. The van der Waals surface area contributed by atoms with E-state index in [-0.39, 0.29) is 17.3 Å². The predicted octanol–water partition coefficient (Wildman–Crippen LogP) is 2.59. The van der Waals surface area contributed by atoms with Gasteiger partial charge in [-0.3, -0.25) is 10.1 Å². The van der Waals surface area contributed by atoms with Crippen molar-refractivity contribution in [3.8, 4) is 0 Å². The van der Waals surface area contributed by atoms with Crippen molar-refractivity contribution in [1.29, 1.82) is 0 Å². The van der Waals surface area contributed by atoms with Crippen LogP contribution < -0.4 is 10.6 Å². The standard InChI is InChI=1S/C14H19N3O4/c1-10-8-11(17(19)20)4-5-12(10)16-13(18)15-9-14(21-2)6-3-7-14/h4-5,8H,3,6-7,9H2,1-2H3,(H2,15,16,18). The van der Waals surface area contributed by atoms with Crippen LogP contribution in [0.4, 0.5) is 16.2 Å². The number of hydrogen-bond donors (Lipinski definition) is 2. The van der Waals surface area contributed by atoms with Crippen LogP contribution in [0.5, 0.6) is 0 Å². The number of hydrogen-bond acceptors (Lipinski definition) is 4. The Balaban J connectivity index is 1.92. The molecule has 0 spiro atoms. The summed E-state index contributed by atoms with van der Waals surface area (Å²) in [5.41, 5.74) is 0.968. The van der Waals surface area contributed by atoms with Crippen molar-refractivity contribution >= 4 is 17.4 Å². The number of ether oxygens (including phenoxy) is 1. The summed E-state index contributed by atoms with van der Waals surface area (Å²) < 4.78 is 5.42. The van der Waals surface area contributed by atoms with E-state index in [1.54, 1.807) is 14.0 Å². The highest BCUT2D eigenvalue weighted by Gasteiger charge is 2.37. The first-order valence-corrected chi connectivity index (χ1v) is 6.81. The van der Waals surface area contributed by atoms with Crippen molar-refractivity contribution in [2.45, 2.75) is 31.8 Å². The quantitative estimate of drug-likeness (QED) is 0.644. The molecule has 0 atom stereocenters. The second kappa shape index (κ2) is 6.09. The van der Waals surface area contributed by atoms with Crippen molar-refractivity contribution in [2.75, 3.05) is 19.0 Å². The van der Waals surface area contributed by atoms with E-state index in [0.717, 1.165) is 19.3 Å². The van der Waals surface area contributed by atoms with Crippen LogP contribution in [0.25, 0.3) is 0 Å². The molecule has 21 heavy (non-hydrogen) atoms. The van der Waals surface area contributed by atoms with Gasteiger partial charge in [0.25, 0.3) is 5.69 Å². The van der Waals surface area contributed by atoms with Gasteiger partial charge >= 0.3 is 6.03 Å². The highest BCUT2D eigenvalue weighted by molar-refractivity contribution is 5.90. The normalized spacial score (nSPS) is 15.9. The van der Waals surface area contributed by atoms with Gasteiger partial charge in [0.15, 0.2) is 0 Å². The Labute approximate surface area is 122 Å². The molecule has 7 nitrogen and oxygen atoms in total. The van der Waals surface area contributed by atoms with E-state index in [2.05, 4.69) is 10.6 Å². The smallest absolute Gasteiger partial charge is 0.319 e. The summed E-state index contributed by atoms with van der Waals surface area (Å²) >= 11 is 0. The Bertz CT molecular complexity index is 550. The minimum Gasteiger partial charge on any atom is -0.376 e. The maximum atomic E-state index is 11.9. The first-order chi connectivity index (χ1) is 9.96. The monoisotopic (exact) mass is 293 g/mol. The van der Waals surface area contributed by atoms with E-state index in [1.165, 1.54) is 18.2 Å². The average Bonchev–Trinajstić information content (AvgIpc) is 2.40. The Kier molecular flexibility index (Phi) is 4.42. The highest BCUT2D eigenvalue weighted by atomic mass is 16.6. The number of aryl methyl sites for hydroxylation is 1. The molecule has 1 aromatic carbocycles. The molecule has 0 aromatic heterocycles. The molecule has 0 radical (unpaired) electrons. The molecule has 1 fully saturated rings. The third-order valence-corrected chi connectivity index (χ3v) is 3.94. The zero-order valence-electron chi connectivity index (χ0n) is 12.1. The molecule has 0 saturated heterocycles. The molecule has 1 aliphatic carbocycles. The molecule has 0 unspecified atom stereocenters. The minimum absolute atomic E-state index is 0.00580. The molecule has 0 aliphatic heterocycles. The van der Waals surface area contributed by atoms with Gasteiger partial charge in [-0.25, -0.2) is 4.79 Å². The molecule has 1 aliphatic rings. The molecule has 7 heteroatoms. The topological polar surface area (TPSA) is 93.5 Å². The van der Waals surface area contributed by atoms with Gasteiger partial charge < -0.3 is 15.4 Å². The van der Waals surface area contributed by atoms with Gasteiger partial charge in [0.2, 0.25) is 0 Å². The zero-order valence-corrected chi connectivity index (χ0v) is 12.1. The number of carbonyl (C=O) groups excluding carboxylic acids is 1. The Morgan fingerprint density at radius 3 is 2.67 bits per heavy atom. The summed E-state index contributed by atoms with van der Waals surface area (Å²) in [6.45, 7) is 2.17. The zero-order chi connectivity index (χ0) is 15.5. The maximum Gasteiger partial charge on any atom is 0.319 e. The third-order valence-electron chi connectivity index (χ3n) is 3.94. The molecule has 2 amide bonds. The first kappa shape index (κ1) is 15.2. The van der Waals surface area contributed by atoms with E-state index in [1.807, 2.05) is 0 Å². The van der Waals surface area contributed by atoms with Crippen molar-refractivity contribution in [3.63, 3.8) is 0 Å². The number of urea groups is 1. The van der Waals surface area contributed by atoms with Crippen LogP contribution in [-0.2, 0) is 4.74 Å². The van der Waals surface area contributed by atoms with Gasteiger partial charge in [-0.2, -0.15) is 0 Å². The van der Waals surface area contributed by atoms with Crippen LogP contribution in [0, 0.1) is 17.0 Å². The molecule has 0 bridgehead atoms. The first-order valence-electron chi connectivity index (χ1n) is 6.81. The summed E-state index contributed by atoms with van der Waals surface area (Å²) in [5.74, 6) is 0. The van der Waals surface area contributed by atoms with E-state index in [4.69, 9.17) is 4.74 Å². The number of benzene rings is 1. The fourth-order valence-electron chi connectivity index (χ4n) is 2.33.